The van der Waals surface area contributed by atoms with Crippen molar-refractivity contribution < 1.29 is 4.21 Å². The molecule has 3 unspecified atom stereocenters. The summed E-state index contributed by atoms with van der Waals surface area (Å²) in [5, 5.41) is 3.42. The van der Waals surface area contributed by atoms with Crippen LogP contribution in [0.1, 0.15) is 52.0 Å². The van der Waals surface area contributed by atoms with Crippen LogP contribution in [0.4, 0.5) is 0 Å². The maximum atomic E-state index is 12.2. The Morgan fingerprint density at radius 2 is 1.96 bits per heavy atom. The first-order chi connectivity index (χ1) is 12.4. The van der Waals surface area contributed by atoms with Gasteiger partial charge in [0.15, 0.2) is 5.96 Å². The standard InChI is InChI=1S/C21H35N3OS.HI/c1-6-17-16-24(14-12-19(17)18-10-8-7-9-11-18)20(22-5)23-13-15-26(25)21(2,3)4;/h7-11,17,19H,6,12-16H2,1-5H3,(H,22,23);1H. The van der Waals surface area contributed by atoms with Gasteiger partial charge in [-0.3, -0.25) is 9.20 Å². The van der Waals surface area contributed by atoms with Gasteiger partial charge in [0.05, 0.1) is 0 Å². The molecule has 6 heteroatoms. The Balaban J connectivity index is 0.00000364. The lowest BCUT2D eigenvalue weighted by molar-refractivity contribution is 0.216. The highest BCUT2D eigenvalue weighted by Gasteiger charge is 2.30. The highest BCUT2D eigenvalue weighted by molar-refractivity contribution is 14.0. The van der Waals surface area contributed by atoms with E-state index in [4.69, 9.17) is 0 Å². The van der Waals surface area contributed by atoms with Crippen LogP contribution >= 0.6 is 24.0 Å². The van der Waals surface area contributed by atoms with Gasteiger partial charge in [-0.2, -0.15) is 0 Å². The fraction of sp³-hybridized carbons (Fsp3) is 0.667. The third-order valence-electron chi connectivity index (χ3n) is 5.25. The second-order valence-corrected chi connectivity index (χ2v) is 10.4. The minimum atomic E-state index is -0.836. The summed E-state index contributed by atoms with van der Waals surface area (Å²) in [4.78, 5) is 6.84. The van der Waals surface area contributed by atoms with Crippen molar-refractivity contribution in [3.05, 3.63) is 35.9 Å². The molecule has 2 rings (SSSR count). The molecular formula is C21H36IN3OS. The lowest BCUT2D eigenvalue weighted by Crippen LogP contribution is -2.49. The zero-order chi connectivity index (χ0) is 19.2. The van der Waals surface area contributed by atoms with E-state index in [-0.39, 0.29) is 28.7 Å². The third kappa shape index (κ3) is 7.04. The Morgan fingerprint density at radius 3 is 2.52 bits per heavy atom. The number of rotatable bonds is 5. The Kier molecular flexibility index (Phi) is 10.3. The monoisotopic (exact) mass is 505 g/mol. The van der Waals surface area contributed by atoms with Crippen LogP contribution in [0.5, 0.6) is 0 Å². The van der Waals surface area contributed by atoms with Gasteiger partial charge < -0.3 is 10.2 Å². The molecule has 0 saturated carbocycles. The van der Waals surface area contributed by atoms with Gasteiger partial charge in [-0.15, -0.1) is 24.0 Å². The summed E-state index contributed by atoms with van der Waals surface area (Å²) >= 11 is 0. The molecule has 0 spiro atoms. The molecule has 1 aliphatic heterocycles. The van der Waals surface area contributed by atoms with E-state index in [9.17, 15) is 4.21 Å². The van der Waals surface area contributed by atoms with Crippen molar-refractivity contribution in [1.29, 1.82) is 0 Å². The second-order valence-electron chi connectivity index (χ2n) is 8.06. The Morgan fingerprint density at radius 1 is 1.30 bits per heavy atom. The van der Waals surface area contributed by atoms with Crippen molar-refractivity contribution in [2.24, 2.45) is 10.9 Å². The fourth-order valence-corrected chi connectivity index (χ4v) is 4.57. The van der Waals surface area contributed by atoms with E-state index < -0.39 is 10.8 Å². The first-order valence-electron chi connectivity index (χ1n) is 9.75. The van der Waals surface area contributed by atoms with Crippen molar-refractivity contribution in [1.82, 2.24) is 10.2 Å². The SMILES string of the molecule is CCC1CN(C(=NC)NCCS(=O)C(C)(C)C)CCC1c1ccccc1.I. The average Bonchev–Trinajstić information content (AvgIpc) is 2.64. The van der Waals surface area contributed by atoms with Crippen LogP contribution in [-0.4, -0.2) is 52.3 Å². The summed E-state index contributed by atoms with van der Waals surface area (Å²) in [6.45, 7) is 11.1. The second kappa shape index (κ2) is 11.4. The van der Waals surface area contributed by atoms with Gasteiger partial charge in [0.2, 0.25) is 0 Å². The summed E-state index contributed by atoms with van der Waals surface area (Å²) < 4.78 is 12.1. The Labute approximate surface area is 185 Å². The van der Waals surface area contributed by atoms with Crippen LogP contribution in [0.15, 0.2) is 35.3 Å². The summed E-state index contributed by atoms with van der Waals surface area (Å²) in [6.07, 6.45) is 2.32. The molecule has 1 aromatic rings. The molecule has 1 saturated heterocycles. The maximum Gasteiger partial charge on any atom is 0.193 e. The van der Waals surface area contributed by atoms with Crippen molar-refractivity contribution in [2.45, 2.75) is 51.2 Å². The largest absolute Gasteiger partial charge is 0.355 e. The number of guanidine groups is 1. The molecule has 1 aromatic carbocycles. The number of benzene rings is 1. The molecule has 1 heterocycles. The van der Waals surface area contributed by atoms with Crippen LogP contribution in [0.3, 0.4) is 0 Å². The number of hydrogen-bond acceptors (Lipinski definition) is 2. The third-order valence-corrected chi connectivity index (χ3v) is 7.19. The van der Waals surface area contributed by atoms with E-state index in [1.54, 1.807) is 0 Å². The first kappa shape index (κ1) is 24.4. The molecule has 154 valence electrons. The maximum absolute atomic E-state index is 12.2. The number of aliphatic imine (C=N–C) groups is 1. The molecule has 0 bridgehead atoms. The van der Waals surface area contributed by atoms with E-state index >= 15 is 0 Å². The minimum Gasteiger partial charge on any atom is -0.355 e. The Bertz CT molecular complexity index is 616. The van der Waals surface area contributed by atoms with Gasteiger partial charge in [-0.25, -0.2) is 0 Å². The molecule has 0 aliphatic carbocycles. The molecule has 0 aromatic heterocycles. The van der Waals surface area contributed by atoms with Gasteiger partial charge in [0.1, 0.15) is 0 Å². The van der Waals surface area contributed by atoms with Crippen LogP contribution < -0.4 is 5.32 Å². The normalized spacial score (nSPS) is 22.1. The summed E-state index contributed by atoms with van der Waals surface area (Å²) in [6, 6.07) is 10.9. The smallest absolute Gasteiger partial charge is 0.193 e. The highest BCUT2D eigenvalue weighted by Crippen LogP contribution is 2.34. The predicted octanol–water partition coefficient (Wildman–Crippen LogP) is 4.24. The number of nitrogens with zero attached hydrogens (tertiary/aromatic N) is 2. The number of hydrogen-bond donors (Lipinski definition) is 1. The molecule has 0 amide bonds. The van der Waals surface area contributed by atoms with Crippen molar-refractivity contribution in [2.75, 3.05) is 32.4 Å². The Hall–Kier alpha value is -0.630. The molecule has 3 atom stereocenters. The summed E-state index contributed by atoms with van der Waals surface area (Å²) in [7, 11) is 1.00. The van der Waals surface area contributed by atoms with E-state index in [0.29, 0.717) is 24.1 Å². The molecule has 1 N–H and O–H groups in total. The van der Waals surface area contributed by atoms with Gasteiger partial charge in [-0.05, 0) is 44.6 Å². The minimum absolute atomic E-state index is 0. The van der Waals surface area contributed by atoms with Crippen LogP contribution in [0.25, 0.3) is 0 Å². The molecule has 1 fully saturated rings. The molecule has 1 aliphatic rings. The highest BCUT2D eigenvalue weighted by atomic mass is 127. The first-order valence-corrected chi connectivity index (χ1v) is 11.1. The van der Waals surface area contributed by atoms with Crippen LogP contribution in [0, 0.1) is 5.92 Å². The molecule has 4 nitrogen and oxygen atoms in total. The quantitative estimate of drug-likeness (QED) is 0.370. The van der Waals surface area contributed by atoms with E-state index in [2.05, 4.69) is 52.5 Å². The predicted molar refractivity (Wildman–Crippen MR) is 129 cm³/mol. The van der Waals surface area contributed by atoms with E-state index in [1.165, 1.54) is 12.0 Å². The van der Waals surface area contributed by atoms with Gasteiger partial charge in [-0.1, -0.05) is 43.7 Å². The zero-order valence-electron chi connectivity index (χ0n) is 17.4. The summed E-state index contributed by atoms with van der Waals surface area (Å²) in [5.41, 5.74) is 1.46. The molecular weight excluding hydrogens is 469 g/mol. The molecule has 27 heavy (non-hydrogen) atoms. The van der Waals surface area contributed by atoms with Crippen molar-refractivity contribution in [3.63, 3.8) is 0 Å². The number of halogens is 1. The zero-order valence-corrected chi connectivity index (χ0v) is 20.6. The lowest BCUT2D eigenvalue weighted by atomic mass is 9.79. The van der Waals surface area contributed by atoms with Crippen LogP contribution in [-0.2, 0) is 10.8 Å². The van der Waals surface area contributed by atoms with Crippen molar-refractivity contribution in [3.8, 4) is 0 Å². The van der Waals surface area contributed by atoms with Crippen LogP contribution in [0.2, 0.25) is 0 Å². The number of piperidine rings is 1. The van der Waals surface area contributed by atoms with E-state index in [1.807, 2.05) is 27.8 Å². The van der Waals surface area contributed by atoms with Gasteiger partial charge >= 0.3 is 0 Å². The van der Waals surface area contributed by atoms with E-state index in [0.717, 1.165) is 25.5 Å². The molecule has 0 radical (unpaired) electrons. The average molecular weight is 506 g/mol. The lowest BCUT2D eigenvalue weighted by Gasteiger charge is -2.40. The van der Waals surface area contributed by atoms with Gasteiger partial charge in [0, 0.05) is 48.0 Å². The topological polar surface area (TPSA) is 44.7 Å². The fourth-order valence-electron chi connectivity index (χ4n) is 3.67. The number of nitrogens with one attached hydrogen (secondary N) is 1. The number of likely N-dealkylation sites (tertiary alicyclic amines) is 1. The van der Waals surface area contributed by atoms with Crippen molar-refractivity contribution >= 4 is 40.7 Å². The summed E-state index contributed by atoms with van der Waals surface area (Å²) in [5.74, 6) is 2.86. The van der Waals surface area contributed by atoms with Gasteiger partial charge in [0.25, 0.3) is 0 Å².